The van der Waals surface area contributed by atoms with Crippen molar-refractivity contribution in [2.45, 2.75) is 65.6 Å². The van der Waals surface area contributed by atoms with Crippen molar-refractivity contribution in [1.82, 2.24) is 30.1 Å². The number of hydrogen-bond acceptors (Lipinski definition) is 6. The highest BCUT2D eigenvalue weighted by atomic mass is 16.5. The predicted octanol–water partition coefficient (Wildman–Crippen LogP) is 4.86. The van der Waals surface area contributed by atoms with Crippen molar-refractivity contribution in [2.75, 3.05) is 13.2 Å². The van der Waals surface area contributed by atoms with Gasteiger partial charge in [0.15, 0.2) is 5.82 Å². The SMILES string of the molecule is CCOc1ccc2[nH]c(=O)c(CN(CCc3ccccc3)[C@@H](CC)c3nnnn3C(C)(C)C)cc2c1. The lowest BCUT2D eigenvalue weighted by atomic mass is 10.0. The molecule has 2 heterocycles. The summed E-state index contributed by atoms with van der Waals surface area (Å²) in [5, 5.41) is 13.7. The highest BCUT2D eigenvalue weighted by Gasteiger charge is 2.29. The second kappa shape index (κ2) is 11.0. The number of aromatic nitrogens is 5. The van der Waals surface area contributed by atoms with Crippen molar-refractivity contribution in [3.05, 3.63) is 81.9 Å². The second-order valence-electron chi connectivity index (χ2n) is 10.1. The van der Waals surface area contributed by atoms with Gasteiger partial charge in [-0.1, -0.05) is 37.3 Å². The van der Waals surface area contributed by atoms with E-state index in [4.69, 9.17) is 4.74 Å². The van der Waals surface area contributed by atoms with Crippen molar-refractivity contribution < 1.29 is 4.74 Å². The maximum Gasteiger partial charge on any atom is 0.252 e. The van der Waals surface area contributed by atoms with Gasteiger partial charge >= 0.3 is 0 Å². The third-order valence-electron chi connectivity index (χ3n) is 6.36. The summed E-state index contributed by atoms with van der Waals surface area (Å²) in [6, 6.07) is 18.1. The fourth-order valence-electron chi connectivity index (χ4n) is 4.57. The van der Waals surface area contributed by atoms with Gasteiger partial charge < -0.3 is 9.72 Å². The molecule has 2 aromatic heterocycles. The lowest BCUT2D eigenvalue weighted by molar-refractivity contribution is 0.163. The first-order chi connectivity index (χ1) is 17.3. The normalized spacial score (nSPS) is 12.8. The molecule has 8 heteroatoms. The molecule has 0 spiro atoms. The fourth-order valence-corrected chi connectivity index (χ4v) is 4.57. The number of nitrogens with one attached hydrogen (secondary N) is 1. The van der Waals surface area contributed by atoms with Crippen molar-refractivity contribution in [3.8, 4) is 5.75 Å². The molecule has 4 rings (SSSR count). The van der Waals surface area contributed by atoms with Gasteiger partial charge in [-0.05, 0) is 80.8 Å². The Morgan fingerprint density at radius 1 is 1.08 bits per heavy atom. The highest BCUT2D eigenvalue weighted by molar-refractivity contribution is 5.80. The van der Waals surface area contributed by atoms with Crippen molar-refractivity contribution >= 4 is 10.9 Å². The number of hydrogen-bond donors (Lipinski definition) is 1. The van der Waals surface area contributed by atoms with Gasteiger partial charge in [0.1, 0.15) is 5.75 Å². The van der Waals surface area contributed by atoms with Crippen LogP contribution < -0.4 is 10.3 Å². The molecule has 2 aromatic carbocycles. The number of rotatable bonds is 10. The zero-order valence-electron chi connectivity index (χ0n) is 21.9. The lowest BCUT2D eigenvalue weighted by Gasteiger charge is -2.32. The molecular formula is C28H36N6O2. The Balaban J connectivity index is 1.71. The van der Waals surface area contributed by atoms with Crippen LogP contribution in [0.2, 0.25) is 0 Å². The van der Waals surface area contributed by atoms with Crippen LogP contribution in [0.3, 0.4) is 0 Å². The van der Waals surface area contributed by atoms with E-state index in [1.165, 1.54) is 5.56 Å². The number of benzene rings is 2. The van der Waals surface area contributed by atoms with Crippen LogP contribution >= 0.6 is 0 Å². The first-order valence-corrected chi connectivity index (χ1v) is 12.7. The van der Waals surface area contributed by atoms with Gasteiger partial charge in [-0.25, -0.2) is 4.68 Å². The first kappa shape index (κ1) is 25.6. The van der Waals surface area contributed by atoms with Gasteiger partial charge in [0, 0.05) is 29.6 Å². The minimum absolute atomic E-state index is 0.0483. The van der Waals surface area contributed by atoms with Gasteiger partial charge in [0.25, 0.3) is 5.56 Å². The maximum atomic E-state index is 13.1. The Bertz CT molecular complexity index is 1340. The Morgan fingerprint density at radius 3 is 2.56 bits per heavy atom. The minimum atomic E-state index is -0.256. The summed E-state index contributed by atoms with van der Waals surface area (Å²) in [4.78, 5) is 18.5. The van der Waals surface area contributed by atoms with Crippen molar-refractivity contribution in [1.29, 1.82) is 0 Å². The van der Waals surface area contributed by atoms with Crippen LogP contribution in [0.5, 0.6) is 5.75 Å². The maximum absolute atomic E-state index is 13.1. The van der Waals surface area contributed by atoms with E-state index in [0.717, 1.165) is 41.9 Å². The molecule has 0 unspecified atom stereocenters. The Kier molecular flexibility index (Phi) is 7.84. The van der Waals surface area contributed by atoms with E-state index in [2.05, 4.69) is 77.4 Å². The summed E-state index contributed by atoms with van der Waals surface area (Å²) >= 11 is 0. The van der Waals surface area contributed by atoms with Gasteiger partial charge in [-0.3, -0.25) is 9.69 Å². The number of ether oxygens (including phenoxy) is 1. The Morgan fingerprint density at radius 2 is 1.86 bits per heavy atom. The molecular weight excluding hydrogens is 452 g/mol. The van der Waals surface area contributed by atoms with E-state index >= 15 is 0 Å². The molecule has 0 saturated carbocycles. The summed E-state index contributed by atoms with van der Waals surface area (Å²) in [5.74, 6) is 1.61. The quantitative estimate of drug-likeness (QED) is 0.343. The molecule has 0 fully saturated rings. The molecule has 36 heavy (non-hydrogen) atoms. The van der Waals surface area contributed by atoms with Crippen LogP contribution in [-0.2, 0) is 18.5 Å². The zero-order valence-corrected chi connectivity index (χ0v) is 21.9. The zero-order chi connectivity index (χ0) is 25.7. The number of nitrogens with zero attached hydrogens (tertiary/aromatic N) is 5. The van der Waals surface area contributed by atoms with E-state index in [9.17, 15) is 4.79 Å². The molecule has 8 nitrogen and oxygen atoms in total. The third kappa shape index (κ3) is 5.82. The van der Waals surface area contributed by atoms with Gasteiger partial charge in [-0.15, -0.1) is 5.10 Å². The van der Waals surface area contributed by atoms with Crippen LogP contribution in [0, 0.1) is 0 Å². The molecule has 0 aliphatic rings. The number of H-pyrrole nitrogens is 1. The summed E-state index contributed by atoms with van der Waals surface area (Å²) < 4.78 is 7.57. The van der Waals surface area contributed by atoms with Crippen LogP contribution in [0.25, 0.3) is 10.9 Å². The van der Waals surface area contributed by atoms with Crippen LogP contribution in [-0.4, -0.2) is 43.2 Å². The standard InChI is InChI=1S/C28H36N6O2/c1-6-25(26-30-31-32-34(26)28(3,4)5)33(16-15-20-11-9-8-10-12-20)19-22-17-21-18-23(36-7-2)13-14-24(21)29-27(22)35/h8-14,17-18,25H,6-7,15-16,19H2,1-5H3,(H,29,35)/t25-/m0/s1. The van der Waals surface area contributed by atoms with Crippen LogP contribution in [0.15, 0.2) is 59.4 Å². The van der Waals surface area contributed by atoms with Gasteiger partial charge in [0.2, 0.25) is 0 Å². The topological polar surface area (TPSA) is 88.9 Å². The molecule has 0 aliphatic carbocycles. The van der Waals surface area contributed by atoms with Crippen LogP contribution in [0.1, 0.15) is 64.0 Å². The van der Waals surface area contributed by atoms with E-state index in [0.29, 0.717) is 18.7 Å². The van der Waals surface area contributed by atoms with E-state index in [-0.39, 0.29) is 17.1 Å². The molecule has 0 amide bonds. The van der Waals surface area contributed by atoms with E-state index in [1.54, 1.807) is 0 Å². The summed E-state index contributed by atoms with van der Waals surface area (Å²) in [6.45, 7) is 12.2. The predicted molar refractivity (Wildman–Crippen MR) is 142 cm³/mol. The molecule has 190 valence electrons. The summed E-state index contributed by atoms with van der Waals surface area (Å²) in [7, 11) is 0. The fraction of sp³-hybridized carbons (Fsp3) is 0.429. The average molecular weight is 489 g/mol. The van der Waals surface area contributed by atoms with Crippen molar-refractivity contribution in [2.24, 2.45) is 0 Å². The number of fused-ring (bicyclic) bond motifs is 1. The minimum Gasteiger partial charge on any atom is -0.494 e. The number of tetrazole rings is 1. The molecule has 0 aliphatic heterocycles. The van der Waals surface area contributed by atoms with E-state index in [1.807, 2.05) is 41.9 Å². The van der Waals surface area contributed by atoms with E-state index < -0.39 is 0 Å². The number of pyridine rings is 1. The average Bonchev–Trinajstić information content (AvgIpc) is 3.35. The smallest absolute Gasteiger partial charge is 0.252 e. The highest BCUT2D eigenvalue weighted by Crippen LogP contribution is 2.28. The van der Waals surface area contributed by atoms with Gasteiger partial charge in [-0.2, -0.15) is 0 Å². The van der Waals surface area contributed by atoms with Crippen LogP contribution in [0.4, 0.5) is 0 Å². The molecule has 0 saturated heterocycles. The largest absolute Gasteiger partial charge is 0.494 e. The van der Waals surface area contributed by atoms with Crippen molar-refractivity contribution in [3.63, 3.8) is 0 Å². The second-order valence-corrected chi connectivity index (χ2v) is 10.1. The molecule has 1 atom stereocenters. The molecule has 0 radical (unpaired) electrons. The summed E-state index contributed by atoms with van der Waals surface area (Å²) in [5.41, 5.74) is 2.42. The third-order valence-corrected chi connectivity index (χ3v) is 6.36. The first-order valence-electron chi connectivity index (χ1n) is 12.7. The lowest BCUT2D eigenvalue weighted by Crippen LogP contribution is -2.36. The Hall–Kier alpha value is -3.52. The number of aromatic amines is 1. The summed E-state index contributed by atoms with van der Waals surface area (Å²) in [6.07, 6.45) is 1.67. The van der Waals surface area contributed by atoms with Gasteiger partial charge in [0.05, 0.1) is 18.2 Å². The molecule has 1 N–H and O–H groups in total. The monoisotopic (exact) mass is 488 g/mol. The molecule has 4 aromatic rings. The Labute approximate surface area is 212 Å². The molecule has 0 bridgehead atoms.